The van der Waals surface area contributed by atoms with Gasteiger partial charge < -0.3 is 20.1 Å². The number of carbonyl (C=O) groups is 2. The molecule has 7 nitrogen and oxygen atoms in total. The fraction of sp³-hybridized carbons (Fsp3) is 0.286. The summed E-state index contributed by atoms with van der Waals surface area (Å²) in [6.07, 6.45) is 2.70. The number of fused-ring (bicyclic) bond motifs is 3. The third kappa shape index (κ3) is 3.40. The number of methoxy groups -OCH3 is 1. The van der Waals surface area contributed by atoms with Crippen LogP contribution in [0.4, 0.5) is 5.69 Å². The average Bonchev–Trinajstić information content (AvgIpc) is 3.04. The van der Waals surface area contributed by atoms with Crippen LogP contribution in [0, 0.1) is 5.92 Å². The first-order chi connectivity index (χ1) is 13.9. The molecule has 150 valence electrons. The number of aromatic amines is 1. The largest absolute Gasteiger partial charge is 0.506 e. The smallest absolute Gasteiger partial charge is 0.337 e. The van der Waals surface area contributed by atoms with E-state index in [-0.39, 0.29) is 16.9 Å². The van der Waals surface area contributed by atoms with E-state index in [4.69, 9.17) is 0 Å². The van der Waals surface area contributed by atoms with Crippen molar-refractivity contribution >= 4 is 39.1 Å². The van der Waals surface area contributed by atoms with Crippen LogP contribution >= 0.6 is 11.3 Å². The van der Waals surface area contributed by atoms with Crippen molar-refractivity contribution in [3.8, 4) is 5.75 Å². The molecule has 1 atom stereocenters. The summed E-state index contributed by atoms with van der Waals surface area (Å²) in [7, 11) is 1.27. The maximum Gasteiger partial charge on any atom is 0.337 e. The fourth-order valence-corrected chi connectivity index (χ4v) is 5.14. The summed E-state index contributed by atoms with van der Waals surface area (Å²) >= 11 is 1.47. The summed E-state index contributed by atoms with van der Waals surface area (Å²) in [6, 6.07) is 6.17. The van der Waals surface area contributed by atoms with E-state index in [2.05, 4.69) is 22.0 Å². The van der Waals surface area contributed by atoms with Crippen molar-refractivity contribution in [3.05, 3.63) is 56.2 Å². The van der Waals surface area contributed by atoms with E-state index in [0.29, 0.717) is 21.8 Å². The molecule has 0 radical (unpaired) electrons. The molecular weight excluding hydrogens is 392 g/mol. The van der Waals surface area contributed by atoms with Crippen LogP contribution in [0.25, 0.3) is 10.2 Å². The van der Waals surface area contributed by atoms with Gasteiger partial charge in [0.15, 0.2) is 0 Å². The molecule has 1 aliphatic carbocycles. The minimum atomic E-state index is -0.739. The van der Waals surface area contributed by atoms with Crippen LogP contribution in [0.15, 0.2) is 29.1 Å². The highest BCUT2D eigenvalue weighted by atomic mass is 32.1. The molecule has 0 aliphatic heterocycles. The van der Waals surface area contributed by atoms with Crippen molar-refractivity contribution in [2.24, 2.45) is 5.92 Å². The van der Waals surface area contributed by atoms with E-state index in [0.717, 1.165) is 29.7 Å². The molecule has 0 spiro atoms. The van der Waals surface area contributed by atoms with Gasteiger partial charge in [-0.05, 0) is 48.9 Å². The van der Waals surface area contributed by atoms with Gasteiger partial charge in [0.1, 0.15) is 16.1 Å². The van der Waals surface area contributed by atoms with Gasteiger partial charge in [0.05, 0.1) is 18.1 Å². The Labute approximate surface area is 170 Å². The summed E-state index contributed by atoms with van der Waals surface area (Å²) in [5.41, 5.74) is 0.611. The predicted molar refractivity (Wildman–Crippen MR) is 111 cm³/mol. The second-order valence-electron chi connectivity index (χ2n) is 7.26. The molecule has 1 aromatic carbocycles. The van der Waals surface area contributed by atoms with Crippen LogP contribution < -0.4 is 10.9 Å². The first kappa shape index (κ1) is 19.2. The number of amides is 1. The lowest BCUT2D eigenvalue weighted by molar-refractivity contribution is 0.0600. The fourth-order valence-electron chi connectivity index (χ4n) is 3.73. The maximum atomic E-state index is 12.8. The topological polar surface area (TPSA) is 108 Å². The molecule has 2 heterocycles. The van der Waals surface area contributed by atoms with Gasteiger partial charge in [-0.3, -0.25) is 9.59 Å². The number of aromatic hydroxyl groups is 1. The zero-order valence-electron chi connectivity index (χ0n) is 16.0. The molecule has 1 unspecified atom stereocenters. The third-order valence-corrected chi connectivity index (χ3v) is 6.38. The standard InChI is InChI=1S/C21H20N2O5S/c1-10-6-7-13-14(8-10)29-20-15(13)17(24)16(19(26)23-20)18(25)22-12-5-3-4-11(9-12)21(27)28-2/h3-5,9-10H,6-8H2,1-2H3,(H,22,25)(H2,23,24,26). The Kier molecular flexibility index (Phi) is 4.87. The normalized spacial score (nSPS) is 15.7. The molecule has 0 saturated heterocycles. The number of hydrogen-bond acceptors (Lipinski definition) is 6. The number of benzene rings is 1. The van der Waals surface area contributed by atoms with Crippen molar-refractivity contribution in [2.75, 3.05) is 12.4 Å². The van der Waals surface area contributed by atoms with Crippen LogP contribution in [0.5, 0.6) is 5.75 Å². The quantitative estimate of drug-likeness (QED) is 0.571. The van der Waals surface area contributed by atoms with Crippen molar-refractivity contribution in [3.63, 3.8) is 0 Å². The Morgan fingerprint density at radius 2 is 2.14 bits per heavy atom. The third-order valence-electron chi connectivity index (χ3n) is 5.21. The lowest BCUT2D eigenvalue weighted by Crippen LogP contribution is -2.23. The van der Waals surface area contributed by atoms with Crippen LogP contribution in [0.3, 0.4) is 0 Å². The van der Waals surface area contributed by atoms with E-state index in [9.17, 15) is 19.5 Å². The van der Waals surface area contributed by atoms with Crippen molar-refractivity contribution in [2.45, 2.75) is 26.2 Å². The molecule has 8 heteroatoms. The zero-order chi connectivity index (χ0) is 20.7. The molecule has 1 amide bonds. The molecular formula is C21H20N2O5S. The number of aromatic nitrogens is 1. The predicted octanol–water partition coefficient (Wildman–Crippen LogP) is 3.46. The summed E-state index contributed by atoms with van der Waals surface area (Å²) in [5, 5.41) is 14.0. The number of thiophene rings is 1. The number of nitrogens with one attached hydrogen (secondary N) is 2. The van der Waals surface area contributed by atoms with Gasteiger partial charge in [-0.15, -0.1) is 11.3 Å². The number of carbonyl (C=O) groups excluding carboxylic acids is 2. The highest BCUT2D eigenvalue weighted by Crippen LogP contribution is 2.41. The van der Waals surface area contributed by atoms with Crippen LogP contribution in [0.2, 0.25) is 0 Å². The molecule has 2 aromatic heterocycles. The molecule has 3 aromatic rings. The Morgan fingerprint density at radius 1 is 1.34 bits per heavy atom. The monoisotopic (exact) mass is 412 g/mol. The first-order valence-corrected chi connectivity index (χ1v) is 10.1. The Bertz CT molecular complexity index is 1190. The lowest BCUT2D eigenvalue weighted by atomic mass is 9.89. The van der Waals surface area contributed by atoms with Gasteiger partial charge in [-0.2, -0.15) is 0 Å². The number of ether oxygens (including phenoxy) is 1. The van der Waals surface area contributed by atoms with Gasteiger partial charge in [0.25, 0.3) is 11.5 Å². The van der Waals surface area contributed by atoms with Gasteiger partial charge in [-0.1, -0.05) is 13.0 Å². The number of hydrogen-bond donors (Lipinski definition) is 3. The summed E-state index contributed by atoms with van der Waals surface area (Å²) in [6.45, 7) is 2.18. The Morgan fingerprint density at radius 3 is 2.90 bits per heavy atom. The summed E-state index contributed by atoms with van der Waals surface area (Å²) < 4.78 is 4.67. The number of H-pyrrole nitrogens is 1. The van der Waals surface area contributed by atoms with Gasteiger partial charge in [0.2, 0.25) is 0 Å². The summed E-state index contributed by atoms with van der Waals surface area (Å²) in [4.78, 5) is 41.5. The van der Waals surface area contributed by atoms with E-state index in [1.165, 1.54) is 24.5 Å². The van der Waals surface area contributed by atoms with E-state index < -0.39 is 17.4 Å². The van der Waals surface area contributed by atoms with Crippen molar-refractivity contribution in [1.82, 2.24) is 4.98 Å². The Hall–Kier alpha value is -3.13. The van der Waals surface area contributed by atoms with Gasteiger partial charge in [-0.25, -0.2) is 4.79 Å². The molecule has 3 N–H and O–H groups in total. The zero-order valence-corrected chi connectivity index (χ0v) is 16.8. The second-order valence-corrected chi connectivity index (χ2v) is 8.37. The molecule has 29 heavy (non-hydrogen) atoms. The Balaban J connectivity index is 1.73. The number of anilines is 1. The maximum absolute atomic E-state index is 12.8. The highest BCUT2D eigenvalue weighted by Gasteiger charge is 2.27. The second kappa shape index (κ2) is 7.36. The minimum Gasteiger partial charge on any atom is -0.506 e. The van der Waals surface area contributed by atoms with Crippen LogP contribution in [-0.2, 0) is 17.6 Å². The molecule has 1 aliphatic rings. The van der Waals surface area contributed by atoms with Crippen LogP contribution in [0.1, 0.15) is 44.5 Å². The first-order valence-electron chi connectivity index (χ1n) is 9.28. The van der Waals surface area contributed by atoms with E-state index >= 15 is 0 Å². The molecule has 0 fully saturated rings. The van der Waals surface area contributed by atoms with Gasteiger partial charge in [0, 0.05) is 10.6 Å². The van der Waals surface area contributed by atoms with Crippen LogP contribution in [-0.4, -0.2) is 29.1 Å². The number of aryl methyl sites for hydroxylation is 1. The average molecular weight is 412 g/mol. The van der Waals surface area contributed by atoms with Crippen molar-refractivity contribution < 1.29 is 19.4 Å². The molecule has 0 bridgehead atoms. The highest BCUT2D eigenvalue weighted by molar-refractivity contribution is 7.18. The van der Waals surface area contributed by atoms with Crippen molar-refractivity contribution in [1.29, 1.82) is 0 Å². The number of esters is 1. The van der Waals surface area contributed by atoms with Gasteiger partial charge >= 0.3 is 5.97 Å². The SMILES string of the molecule is COC(=O)c1cccc(NC(=O)c2c(O)c3c4c(sc3[nH]c2=O)CC(C)CC4)c1. The van der Waals surface area contributed by atoms with E-state index in [1.807, 2.05) is 0 Å². The summed E-state index contributed by atoms with van der Waals surface area (Å²) in [5.74, 6) is -1.02. The molecule has 0 saturated carbocycles. The minimum absolute atomic E-state index is 0.264. The molecule has 4 rings (SSSR count). The number of pyridine rings is 1. The van der Waals surface area contributed by atoms with E-state index in [1.54, 1.807) is 18.2 Å². The number of rotatable bonds is 3. The lowest BCUT2D eigenvalue weighted by Gasteiger charge is -2.18.